The molecule has 2 aromatic carbocycles. The number of benzene rings is 2. The van der Waals surface area contributed by atoms with Crippen LogP contribution in [0, 0.1) is 20.8 Å². The fourth-order valence-electron chi connectivity index (χ4n) is 3.32. The number of fused-ring (bicyclic) bond motifs is 1. The molecule has 0 bridgehead atoms. The van der Waals surface area contributed by atoms with Crippen LogP contribution in [-0.2, 0) is 14.8 Å². The minimum Gasteiger partial charge on any atom is -0.324 e. The van der Waals surface area contributed by atoms with Gasteiger partial charge in [0.2, 0.25) is 21.5 Å². The third-order valence-corrected chi connectivity index (χ3v) is 6.51. The number of rotatable bonds is 5. The molecule has 29 heavy (non-hydrogen) atoms. The summed E-state index contributed by atoms with van der Waals surface area (Å²) in [7, 11) is -2.51. The van der Waals surface area contributed by atoms with E-state index in [0.717, 1.165) is 21.0 Å². The number of amides is 1. The fraction of sp³-hybridized carbons (Fsp3) is 0.238. The van der Waals surface area contributed by atoms with Crippen molar-refractivity contribution in [2.24, 2.45) is 0 Å². The molecule has 152 valence electrons. The molecule has 0 aliphatic rings. The molecule has 1 aromatic heterocycles. The van der Waals surface area contributed by atoms with E-state index in [2.05, 4.69) is 10.3 Å². The second-order valence-corrected chi connectivity index (χ2v) is 9.20. The monoisotopic (exact) mass is 413 g/mol. The van der Waals surface area contributed by atoms with Crippen LogP contribution in [0.25, 0.3) is 10.9 Å². The van der Waals surface area contributed by atoms with Crippen LogP contribution in [0.3, 0.4) is 0 Å². The number of carbonyl (C=O) groups excluding carboxylic acids is 1. The van der Waals surface area contributed by atoms with Gasteiger partial charge in [-0.3, -0.25) is 9.59 Å². The highest BCUT2D eigenvalue weighted by Gasteiger charge is 2.23. The highest BCUT2D eigenvalue weighted by Crippen LogP contribution is 2.23. The average Bonchev–Trinajstić information content (AvgIpc) is 2.64. The second-order valence-electron chi connectivity index (χ2n) is 7.15. The molecule has 1 amide bonds. The molecule has 7 nitrogen and oxygen atoms in total. The SMILES string of the molecule is Cc1cc(C)c(NC(=O)CN(C)S(=O)(=O)c2ccc3[nH]c(=O)ccc3c2)c(C)c1. The van der Waals surface area contributed by atoms with Crippen molar-refractivity contribution in [1.82, 2.24) is 9.29 Å². The van der Waals surface area contributed by atoms with Gasteiger partial charge in [0.15, 0.2) is 0 Å². The number of aromatic nitrogens is 1. The van der Waals surface area contributed by atoms with Crippen LogP contribution < -0.4 is 10.9 Å². The van der Waals surface area contributed by atoms with Crippen LogP contribution in [0.2, 0.25) is 0 Å². The van der Waals surface area contributed by atoms with E-state index in [0.29, 0.717) is 16.6 Å². The summed E-state index contributed by atoms with van der Waals surface area (Å²) in [6.45, 7) is 5.45. The van der Waals surface area contributed by atoms with Gasteiger partial charge in [0, 0.05) is 24.3 Å². The zero-order valence-corrected chi connectivity index (χ0v) is 17.6. The van der Waals surface area contributed by atoms with Gasteiger partial charge >= 0.3 is 0 Å². The number of hydrogen-bond donors (Lipinski definition) is 2. The molecular weight excluding hydrogens is 390 g/mol. The van der Waals surface area contributed by atoms with Crippen LogP contribution in [-0.4, -0.2) is 37.2 Å². The lowest BCUT2D eigenvalue weighted by molar-refractivity contribution is -0.116. The number of aryl methyl sites for hydroxylation is 3. The lowest BCUT2D eigenvalue weighted by Crippen LogP contribution is -2.35. The van der Waals surface area contributed by atoms with Crippen LogP contribution in [0.15, 0.2) is 52.2 Å². The van der Waals surface area contributed by atoms with Crippen molar-refractivity contribution in [3.63, 3.8) is 0 Å². The largest absolute Gasteiger partial charge is 0.324 e. The Balaban J connectivity index is 1.80. The predicted octanol–water partition coefficient (Wildman–Crippen LogP) is 2.71. The quantitative estimate of drug-likeness (QED) is 0.672. The summed E-state index contributed by atoms with van der Waals surface area (Å²) in [5, 5.41) is 3.40. The van der Waals surface area contributed by atoms with Crippen molar-refractivity contribution in [2.45, 2.75) is 25.7 Å². The van der Waals surface area contributed by atoms with Gasteiger partial charge in [0.25, 0.3) is 0 Å². The second kappa shape index (κ2) is 7.81. The topological polar surface area (TPSA) is 99.3 Å². The molecule has 0 aliphatic heterocycles. The first-order valence-corrected chi connectivity index (χ1v) is 10.5. The minimum atomic E-state index is -3.87. The van der Waals surface area contributed by atoms with Gasteiger partial charge in [0.05, 0.1) is 11.4 Å². The van der Waals surface area contributed by atoms with Crippen molar-refractivity contribution >= 4 is 32.5 Å². The van der Waals surface area contributed by atoms with Gasteiger partial charge in [-0.15, -0.1) is 0 Å². The number of nitrogens with one attached hydrogen (secondary N) is 2. The Morgan fingerprint density at radius 2 is 1.69 bits per heavy atom. The van der Waals surface area contributed by atoms with E-state index in [9.17, 15) is 18.0 Å². The Labute approximate surface area is 169 Å². The van der Waals surface area contributed by atoms with Gasteiger partial charge < -0.3 is 10.3 Å². The number of pyridine rings is 1. The van der Waals surface area contributed by atoms with Gasteiger partial charge in [-0.2, -0.15) is 4.31 Å². The van der Waals surface area contributed by atoms with E-state index in [1.165, 1.54) is 31.3 Å². The summed E-state index contributed by atoms with van der Waals surface area (Å²) in [5.41, 5.74) is 3.91. The van der Waals surface area contributed by atoms with Gasteiger partial charge in [-0.25, -0.2) is 8.42 Å². The summed E-state index contributed by atoms with van der Waals surface area (Å²) in [6, 6.07) is 11.2. The summed E-state index contributed by atoms with van der Waals surface area (Å²) in [4.78, 5) is 26.6. The van der Waals surface area contributed by atoms with E-state index in [4.69, 9.17) is 0 Å². The Hall–Kier alpha value is -2.97. The summed E-state index contributed by atoms with van der Waals surface area (Å²) >= 11 is 0. The maximum atomic E-state index is 12.9. The van der Waals surface area contributed by atoms with Crippen LogP contribution in [0.4, 0.5) is 5.69 Å². The zero-order valence-electron chi connectivity index (χ0n) is 16.7. The number of anilines is 1. The summed E-state index contributed by atoms with van der Waals surface area (Å²) in [6.07, 6.45) is 0. The first kappa shape index (κ1) is 20.8. The van der Waals surface area contributed by atoms with Crippen LogP contribution >= 0.6 is 0 Å². The van der Waals surface area contributed by atoms with Crippen molar-refractivity contribution < 1.29 is 13.2 Å². The molecule has 0 radical (unpaired) electrons. The van der Waals surface area contributed by atoms with Crippen LogP contribution in [0.5, 0.6) is 0 Å². The van der Waals surface area contributed by atoms with Crippen molar-refractivity contribution in [2.75, 3.05) is 18.9 Å². The fourth-order valence-corrected chi connectivity index (χ4v) is 4.48. The number of likely N-dealkylation sites (N-methyl/N-ethyl adjacent to an activating group) is 1. The highest BCUT2D eigenvalue weighted by atomic mass is 32.2. The van der Waals surface area contributed by atoms with E-state index in [1.54, 1.807) is 6.07 Å². The molecule has 3 aromatic rings. The molecule has 0 fully saturated rings. The van der Waals surface area contributed by atoms with E-state index < -0.39 is 15.9 Å². The first-order valence-electron chi connectivity index (χ1n) is 9.05. The number of H-pyrrole nitrogens is 1. The molecule has 0 saturated carbocycles. The molecule has 0 unspecified atom stereocenters. The van der Waals surface area contributed by atoms with E-state index in [-0.39, 0.29) is 17.0 Å². The molecule has 1 heterocycles. The number of carbonyl (C=O) groups is 1. The van der Waals surface area contributed by atoms with Crippen molar-refractivity contribution in [3.8, 4) is 0 Å². The lowest BCUT2D eigenvalue weighted by Gasteiger charge is -2.18. The van der Waals surface area contributed by atoms with Crippen LogP contribution in [0.1, 0.15) is 16.7 Å². The Morgan fingerprint density at radius 3 is 2.34 bits per heavy atom. The maximum Gasteiger partial charge on any atom is 0.248 e. The molecule has 8 heteroatoms. The third kappa shape index (κ3) is 4.38. The number of sulfonamides is 1. The van der Waals surface area contributed by atoms with Crippen molar-refractivity contribution in [3.05, 3.63) is 69.5 Å². The highest BCUT2D eigenvalue weighted by molar-refractivity contribution is 7.89. The molecule has 0 aliphatic carbocycles. The molecule has 0 saturated heterocycles. The zero-order chi connectivity index (χ0) is 21.3. The smallest absolute Gasteiger partial charge is 0.248 e. The summed E-state index contributed by atoms with van der Waals surface area (Å²) < 4.78 is 26.8. The average molecular weight is 413 g/mol. The Kier molecular flexibility index (Phi) is 5.59. The molecule has 2 N–H and O–H groups in total. The maximum absolute atomic E-state index is 12.9. The molecule has 0 atom stereocenters. The number of aromatic amines is 1. The van der Waals surface area contributed by atoms with E-state index in [1.807, 2.05) is 32.9 Å². The molecule has 3 rings (SSSR count). The van der Waals surface area contributed by atoms with Crippen molar-refractivity contribution in [1.29, 1.82) is 0 Å². The van der Waals surface area contributed by atoms with Gasteiger partial charge in [0.1, 0.15) is 0 Å². The lowest BCUT2D eigenvalue weighted by atomic mass is 10.1. The third-order valence-electron chi connectivity index (χ3n) is 4.71. The van der Waals surface area contributed by atoms with E-state index >= 15 is 0 Å². The number of nitrogens with zero attached hydrogens (tertiary/aromatic N) is 1. The first-order chi connectivity index (χ1) is 13.6. The molecular formula is C21H23N3O4S. The molecule has 0 spiro atoms. The number of hydrogen-bond acceptors (Lipinski definition) is 4. The minimum absolute atomic E-state index is 0.0510. The summed E-state index contributed by atoms with van der Waals surface area (Å²) in [5.74, 6) is -0.420. The Morgan fingerprint density at radius 1 is 1.03 bits per heavy atom. The normalized spacial score (nSPS) is 11.8. The standard InChI is InChI=1S/C21H23N3O4S/c1-13-9-14(2)21(15(3)10-13)23-20(26)12-24(4)29(27,28)17-6-7-18-16(11-17)5-8-19(25)22-18/h5-11H,12H2,1-4H3,(H,22,25)(H,23,26). The van der Waals surface area contributed by atoms with Gasteiger partial charge in [-0.05, 0) is 61.5 Å². The predicted molar refractivity (Wildman–Crippen MR) is 114 cm³/mol. The van der Waals surface area contributed by atoms with Gasteiger partial charge in [-0.1, -0.05) is 17.7 Å². The Bertz CT molecular complexity index is 1240.